The number of aromatic nitrogens is 3. The van der Waals surface area contributed by atoms with Gasteiger partial charge in [0.2, 0.25) is 0 Å². The Hall–Kier alpha value is -0.570. The SMILES string of the molecule is FC(F)(F)c1cc(Cl)c(-n2ncc(C=C(Br)Br)n2)c(Cl)c1. The summed E-state index contributed by atoms with van der Waals surface area (Å²) in [6, 6.07) is 1.56. The molecule has 0 spiro atoms. The molecule has 0 unspecified atom stereocenters. The van der Waals surface area contributed by atoms with Crippen molar-refractivity contribution in [3.05, 3.63) is 43.0 Å². The van der Waals surface area contributed by atoms with E-state index >= 15 is 0 Å². The molecule has 1 aromatic heterocycles. The normalized spacial score (nSPS) is 11.6. The minimum absolute atomic E-state index is 0.0803. The number of halogens is 7. The van der Waals surface area contributed by atoms with Crippen LogP contribution in [-0.2, 0) is 6.18 Å². The summed E-state index contributed by atoms with van der Waals surface area (Å²) >= 11 is 18.1. The van der Waals surface area contributed by atoms with Crippen molar-refractivity contribution in [2.75, 3.05) is 0 Å². The molecule has 1 aromatic carbocycles. The molecule has 0 aliphatic carbocycles. The number of nitrogens with zero attached hydrogens (tertiary/aromatic N) is 3. The fourth-order valence-corrected chi connectivity index (χ4v) is 2.59. The lowest BCUT2D eigenvalue weighted by Crippen LogP contribution is -2.07. The van der Waals surface area contributed by atoms with Crippen molar-refractivity contribution >= 4 is 61.1 Å². The highest BCUT2D eigenvalue weighted by molar-refractivity contribution is 9.28. The van der Waals surface area contributed by atoms with Crippen LogP contribution in [0.4, 0.5) is 13.2 Å². The Labute approximate surface area is 144 Å². The van der Waals surface area contributed by atoms with Gasteiger partial charge in [0.05, 0.1) is 25.2 Å². The Bertz CT molecular complexity index is 686. The number of hydrogen-bond acceptors (Lipinski definition) is 2. The zero-order chi connectivity index (χ0) is 15.8. The van der Waals surface area contributed by atoms with Crippen LogP contribution in [0.2, 0.25) is 10.0 Å². The second-order valence-corrected chi connectivity index (χ2v) is 7.37. The van der Waals surface area contributed by atoms with Crippen LogP contribution in [0.1, 0.15) is 11.3 Å². The van der Waals surface area contributed by atoms with E-state index in [0.717, 1.165) is 16.9 Å². The summed E-state index contributed by atoms with van der Waals surface area (Å²) in [5.74, 6) is 0. The molecule has 112 valence electrons. The molecule has 0 saturated carbocycles. The lowest BCUT2D eigenvalue weighted by molar-refractivity contribution is -0.137. The van der Waals surface area contributed by atoms with Gasteiger partial charge in [-0.05, 0) is 50.1 Å². The molecule has 21 heavy (non-hydrogen) atoms. The fraction of sp³-hybridized carbons (Fsp3) is 0.0909. The van der Waals surface area contributed by atoms with E-state index in [4.69, 9.17) is 23.2 Å². The lowest BCUT2D eigenvalue weighted by Gasteiger charge is -2.11. The Morgan fingerprint density at radius 3 is 2.24 bits per heavy atom. The van der Waals surface area contributed by atoms with Crippen molar-refractivity contribution in [1.82, 2.24) is 15.0 Å². The summed E-state index contributed by atoms with van der Waals surface area (Å²) in [6.45, 7) is 0. The van der Waals surface area contributed by atoms with E-state index in [2.05, 4.69) is 42.1 Å². The average molecular weight is 466 g/mol. The standard InChI is InChI=1S/C11H4Br2Cl2F3N3/c12-9(13)3-6-4-19-21(20-6)10-7(14)1-5(2-8(10)15)11(16,17)18/h1-4H. The Balaban J connectivity index is 2.50. The molecule has 0 aliphatic rings. The fourth-order valence-electron chi connectivity index (χ4n) is 1.48. The minimum Gasteiger partial charge on any atom is -0.166 e. The molecule has 0 aliphatic heterocycles. The van der Waals surface area contributed by atoms with Gasteiger partial charge >= 0.3 is 6.18 Å². The third kappa shape index (κ3) is 4.00. The van der Waals surface area contributed by atoms with E-state index in [-0.39, 0.29) is 15.7 Å². The van der Waals surface area contributed by atoms with Crippen LogP contribution in [0.25, 0.3) is 11.8 Å². The second-order valence-electron chi connectivity index (χ2n) is 3.78. The molecule has 0 radical (unpaired) electrons. The average Bonchev–Trinajstić information content (AvgIpc) is 2.74. The lowest BCUT2D eigenvalue weighted by atomic mass is 10.2. The molecule has 0 amide bonds. The Kier molecular flexibility index (Phi) is 5.02. The second kappa shape index (κ2) is 6.28. The first-order valence-electron chi connectivity index (χ1n) is 5.20. The van der Waals surface area contributed by atoms with Gasteiger partial charge in [-0.3, -0.25) is 0 Å². The van der Waals surface area contributed by atoms with Gasteiger partial charge in [0.1, 0.15) is 11.4 Å². The maximum absolute atomic E-state index is 12.7. The first-order valence-corrected chi connectivity index (χ1v) is 7.54. The van der Waals surface area contributed by atoms with Gasteiger partial charge in [-0.15, -0.1) is 9.90 Å². The van der Waals surface area contributed by atoms with Crippen molar-refractivity contribution in [2.45, 2.75) is 6.18 Å². The van der Waals surface area contributed by atoms with Gasteiger partial charge < -0.3 is 0 Å². The summed E-state index contributed by atoms with van der Waals surface area (Å²) in [5, 5.41) is 7.58. The van der Waals surface area contributed by atoms with Crippen molar-refractivity contribution < 1.29 is 13.2 Å². The first-order chi connectivity index (χ1) is 9.68. The minimum atomic E-state index is -4.53. The Morgan fingerprint density at radius 2 is 1.76 bits per heavy atom. The van der Waals surface area contributed by atoms with E-state index in [0.29, 0.717) is 9.09 Å². The number of rotatable bonds is 2. The van der Waals surface area contributed by atoms with Crippen LogP contribution in [-0.4, -0.2) is 15.0 Å². The third-order valence-electron chi connectivity index (χ3n) is 2.31. The van der Waals surface area contributed by atoms with Gasteiger partial charge in [0, 0.05) is 0 Å². The van der Waals surface area contributed by atoms with Gasteiger partial charge in [-0.1, -0.05) is 23.2 Å². The molecule has 0 N–H and O–H groups in total. The predicted octanol–water partition coefficient (Wildman–Crippen LogP) is 5.68. The zero-order valence-corrected chi connectivity index (χ0v) is 14.5. The summed E-state index contributed by atoms with van der Waals surface area (Å²) < 4.78 is 38.6. The summed E-state index contributed by atoms with van der Waals surface area (Å²) in [6.07, 6.45) is -1.51. The highest BCUT2D eigenvalue weighted by atomic mass is 79.9. The monoisotopic (exact) mass is 463 g/mol. The summed E-state index contributed by atoms with van der Waals surface area (Å²) in [5.41, 5.74) is -0.390. The number of hydrogen-bond donors (Lipinski definition) is 0. The number of alkyl halides is 3. The molecular weight excluding hydrogens is 462 g/mol. The van der Waals surface area contributed by atoms with Gasteiger partial charge in [-0.2, -0.15) is 18.3 Å². The first kappa shape index (κ1) is 16.8. The van der Waals surface area contributed by atoms with Crippen LogP contribution in [0.15, 0.2) is 21.7 Å². The molecule has 0 fully saturated rings. The Morgan fingerprint density at radius 1 is 1.19 bits per heavy atom. The molecule has 1 heterocycles. The molecular formula is C11H4Br2Cl2F3N3. The van der Waals surface area contributed by atoms with Crippen LogP contribution in [0, 0.1) is 0 Å². The van der Waals surface area contributed by atoms with Crippen LogP contribution in [0.5, 0.6) is 0 Å². The molecule has 0 saturated heterocycles. The topological polar surface area (TPSA) is 30.7 Å². The van der Waals surface area contributed by atoms with E-state index in [1.807, 2.05) is 0 Å². The quantitative estimate of drug-likeness (QED) is 0.571. The zero-order valence-electron chi connectivity index (χ0n) is 9.80. The maximum Gasteiger partial charge on any atom is 0.416 e. The van der Waals surface area contributed by atoms with E-state index in [9.17, 15) is 13.2 Å². The van der Waals surface area contributed by atoms with Gasteiger partial charge in [0.25, 0.3) is 0 Å². The third-order valence-corrected chi connectivity index (χ3v) is 3.34. The predicted molar refractivity (Wildman–Crippen MR) is 82.2 cm³/mol. The molecule has 2 rings (SSSR count). The summed E-state index contributed by atoms with van der Waals surface area (Å²) in [7, 11) is 0. The largest absolute Gasteiger partial charge is 0.416 e. The van der Waals surface area contributed by atoms with Crippen LogP contribution >= 0.6 is 55.1 Å². The number of benzene rings is 1. The molecule has 2 aromatic rings. The highest BCUT2D eigenvalue weighted by Crippen LogP contribution is 2.37. The molecule has 0 bridgehead atoms. The van der Waals surface area contributed by atoms with Crippen molar-refractivity contribution in [3.8, 4) is 5.69 Å². The van der Waals surface area contributed by atoms with Gasteiger partial charge in [0.15, 0.2) is 0 Å². The van der Waals surface area contributed by atoms with Gasteiger partial charge in [-0.25, -0.2) is 0 Å². The molecule has 3 nitrogen and oxygen atoms in total. The maximum atomic E-state index is 12.7. The van der Waals surface area contributed by atoms with Crippen LogP contribution < -0.4 is 0 Å². The van der Waals surface area contributed by atoms with Crippen molar-refractivity contribution in [3.63, 3.8) is 0 Å². The van der Waals surface area contributed by atoms with Crippen molar-refractivity contribution in [1.29, 1.82) is 0 Å². The van der Waals surface area contributed by atoms with E-state index in [1.54, 1.807) is 6.08 Å². The summed E-state index contributed by atoms with van der Waals surface area (Å²) in [4.78, 5) is 1.07. The van der Waals surface area contributed by atoms with Crippen LogP contribution in [0.3, 0.4) is 0 Å². The highest BCUT2D eigenvalue weighted by Gasteiger charge is 2.32. The van der Waals surface area contributed by atoms with E-state index in [1.165, 1.54) is 6.20 Å². The molecule has 10 heteroatoms. The molecule has 0 atom stereocenters. The van der Waals surface area contributed by atoms with Crippen molar-refractivity contribution in [2.24, 2.45) is 0 Å². The smallest absolute Gasteiger partial charge is 0.166 e. The van der Waals surface area contributed by atoms with E-state index < -0.39 is 11.7 Å².